The fraction of sp³-hybridized carbons (Fsp3) is 1.00. The number of ether oxygens (including phenoxy) is 3. The van der Waals surface area contributed by atoms with Crippen molar-refractivity contribution in [2.75, 3.05) is 33.2 Å². The number of hydrogen-bond acceptors (Lipinski definition) is 4. The lowest BCUT2D eigenvalue weighted by atomic mass is 10.4. The Hall–Kier alpha value is 0.0569. The third-order valence-electron chi connectivity index (χ3n) is 1.40. The molecule has 0 aromatic heterocycles. The van der Waals surface area contributed by atoms with E-state index in [4.69, 9.17) is 19.0 Å². The van der Waals surface area contributed by atoms with Crippen LogP contribution in [0.25, 0.3) is 0 Å². The first-order chi connectivity index (χ1) is 6.16. The van der Waals surface area contributed by atoms with Crippen LogP contribution in [0.4, 0.5) is 0 Å². The molecule has 0 aliphatic heterocycles. The fourth-order valence-corrected chi connectivity index (χ4v) is 1.26. The number of rotatable bonds is 8. The normalized spacial score (nSPS) is 15.7. The molecule has 0 aliphatic rings. The topological polar surface area (TPSA) is 47.9 Å². The Morgan fingerprint density at radius 3 is 2.62 bits per heavy atom. The molecule has 0 spiro atoms. The zero-order valence-electron chi connectivity index (χ0n) is 8.66. The third-order valence-corrected chi connectivity index (χ3v) is 2.12. The van der Waals surface area contributed by atoms with Gasteiger partial charge in [-0.05, 0) is 13.5 Å². The Balaban J connectivity index is 3.15. The van der Waals surface area contributed by atoms with E-state index in [0.717, 1.165) is 0 Å². The summed E-state index contributed by atoms with van der Waals surface area (Å²) in [5, 5.41) is 0. The van der Waals surface area contributed by atoms with Gasteiger partial charge in [0.25, 0.3) is 0 Å². The van der Waals surface area contributed by atoms with Crippen molar-refractivity contribution in [3.8, 4) is 0 Å². The van der Waals surface area contributed by atoms with Gasteiger partial charge in [-0.25, -0.2) is 0 Å². The Labute approximate surface area is 81.5 Å². The van der Waals surface area contributed by atoms with E-state index in [1.807, 2.05) is 13.5 Å². The second kappa shape index (κ2) is 8.65. The van der Waals surface area contributed by atoms with E-state index in [9.17, 15) is 0 Å². The summed E-state index contributed by atoms with van der Waals surface area (Å²) in [7, 11) is 0.0773. The second-order valence-electron chi connectivity index (χ2n) is 3.06. The minimum absolute atomic E-state index is 0.0721. The van der Waals surface area contributed by atoms with Crippen molar-refractivity contribution in [2.24, 2.45) is 0 Å². The van der Waals surface area contributed by atoms with E-state index in [1.54, 1.807) is 7.11 Å². The van der Waals surface area contributed by atoms with Gasteiger partial charge < -0.3 is 19.0 Å². The first kappa shape index (κ1) is 13.1. The van der Waals surface area contributed by atoms with E-state index in [-0.39, 0.29) is 6.10 Å². The molecule has 0 aromatic rings. The first-order valence-corrected chi connectivity index (χ1v) is 7.02. The fourth-order valence-electron chi connectivity index (χ4n) is 0.785. The quantitative estimate of drug-likeness (QED) is 0.448. The standard InChI is InChI=1S/C8H20O4Si/c1-8(12-5-4-10-2)6-11-7-13(3)9/h8-9,13H,4-7H2,1-3H3. The summed E-state index contributed by atoms with van der Waals surface area (Å²) >= 11 is 0. The highest BCUT2D eigenvalue weighted by molar-refractivity contribution is 6.48. The van der Waals surface area contributed by atoms with Crippen molar-refractivity contribution in [3.63, 3.8) is 0 Å². The van der Waals surface area contributed by atoms with Crippen molar-refractivity contribution in [1.29, 1.82) is 0 Å². The molecule has 4 nitrogen and oxygen atoms in total. The van der Waals surface area contributed by atoms with E-state index >= 15 is 0 Å². The van der Waals surface area contributed by atoms with Gasteiger partial charge in [-0.2, -0.15) is 0 Å². The average Bonchev–Trinajstić information content (AvgIpc) is 2.04. The molecule has 0 saturated carbocycles. The van der Waals surface area contributed by atoms with Crippen molar-refractivity contribution < 1.29 is 19.0 Å². The van der Waals surface area contributed by atoms with Gasteiger partial charge in [0.15, 0.2) is 9.04 Å². The smallest absolute Gasteiger partial charge is 0.194 e. The molecule has 0 amide bonds. The van der Waals surface area contributed by atoms with Gasteiger partial charge in [-0.15, -0.1) is 0 Å². The summed E-state index contributed by atoms with van der Waals surface area (Å²) in [4.78, 5) is 9.03. The lowest BCUT2D eigenvalue weighted by Crippen LogP contribution is -2.23. The summed E-state index contributed by atoms with van der Waals surface area (Å²) in [6.45, 7) is 5.51. The van der Waals surface area contributed by atoms with Crippen molar-refractivity contribution >= 4 is 9.04 Å². The molecule has 13 heavy (non-hydrogen) atoms. The zero-order valence-corrected chi connectivity index (χ0v) is 9.81. The molecule has 0 saturated heterocycles. The molecular weight excluding hydrogens is 188 g/mol. The Morgan fingerprint density at radius 2 is 2.08 bits per heavy atom. The minimum atomic E-state index is -1.57. The highest BCUT2D eigenvalue weighted by atomic mass is 28.3. The summed E-state index contributed by atoms with van der Waals surface area (Å²) in [6, 6.07) is 0. The maximum atomic E-state index is 9.03. The summed E-state index contributed by atoms with van der Waals surface area (Å²) in [6.07, 6.45) is 0.570. The molecule has 1 N–H and O–H groups in total. The molecule has 2 atom stereocenters. The van der Waals surface area contributed by atoms with E-state index in [1.165, 1.54) is 0 Å². The van der Waals surface area contributed by atoms with E-state index < -0.39 is 9.04 Å². The number of methoxy groups -OCH3 is 1. The Kier molecular flexibility index (Phi) is 8.68. The van der Waals surface area contributed by atoms with Gasteiger partial charge >= 0.3 is 0 Å². The van der Waals surface area contributed by atoms with Crippen LogP contribution < -0.4 is 0 Å². The zero-order chi connectivity index (χ0) is 10.1. The molecule has 2 unspecified atom stereocenters. The van der Waals surface area contributed by atoms with Crippen LogP contribution in [0.3, 0.4) is 0 Å². The van der Waals surface area contributed by atoms with Crippen molar-refractivity contribution in [1.82, 2.24) is 0 Å². The molecule has 80 valence electrons. The van der Waals surface area contributed by atoms with Crippen LogP contribution in [0.2, 0.25) is 6.55 Å². The molecule has 0 heterocycles. The van der Waals surface area contributed by atoms with Gasteiger partial charge in [-0.3, -0.25) is 0 Å². The molecule has 0 bridgehead atoms. The van der Waals surface area contributed by atoms with Crippen molar-refractivity contribution in [3.05, 3.63) is 0 Å². The highest BCUT2D eigenvalue weighted by Crippen LogP contribution is 1.92. The summed E-state index contributed by atoms with van der Waals surface area (Å²) in [5.41, 5.74) is 0. The van der Waals surface area contributed by atoms with Gasteiger partial charge in [0.1, 0.15) is 0 Å². The predicted molar refractivity (Wildman–Crippen MR) is 53.3 cm³/mol. The SMILES string of the molecule is COCCOC(C)COC[SiH](C)O. The molecule has 0 aromatic carbocycles. The van der Waals surface area contributed by atoms with Crippen LogP contribution in [0.1, 0.15) is 6.92 Å². The minimum Gasteiger partial charge on any atom is -0.433 e. The first-order valence-electron chi connectivity index (χ1n) is 4.53. The summed E-state index contributed by atoms with van der Waals surface area (Å²) in [5.74, 6) is 0. The molecule has 0 radical (unpaired) electrons. The van der Waals surface area contributed by atoms with E-state index in [0.29, 0.717) is 26.1 Å². The van der Waals surface area contributed by atoms with Gasteiger partial charge in [0, 0.05) is 7.11 Å². The molecule has 0 fully saturated rings. The van der Waals surface area contributed by atoms with Crippen LogP contribution in [0.5, 0.6) is 0 Å². The number of hydrogen-bond donors (Lipinski definition) is 1. The van der Waals surface area contributed by atoms with Crippen LogP contribution in [0, 0.1) is 0 Å². The third kappa shape index (κ3) is 9.97. The van der Waals surface area contributed by atoms with Crippen LogP contribution in [0.15, 0.2) is 0 Å². The maximum Gasteiger partial charge on any atom is 0.194 e. The van der Waals surface area contributed by atoms with E-state index in [2.05, 4.69) is 0 Å². The molecule has 0 rings (SSSR count). The van der Waals surface area contributed by atoms with Crippen LogP contribution in [-0.2, 0) is 14.2 Å². The Bertz CT molecular complexity index is 110. The van der Waals surface area contributed by atoms with Crippen LogP contribution in [-0.4, -0.2) is 53.1 Å². The highest BCUT2D eigenvalue weighted by Gasteiger charge is 2.03. The monoisotopic (exact) mass is 208 g/mol. The van der Waals surface area contributed by atoms with Gasteiger partial charge in [-0.1, -0.05) is 0 Å². The largest absolute Gasteiger partial charge is 0.433 e. The Morgan fingerprint density at radius 1 is 1.38 bits per heavy atom. The summed E-state index contributed by atoms with van der Waals surface area (Å²) < 4.78 is 15.4. The molecule has 0 aliphatic carbocycles. The maximum absolute atomic E-state index is 9.03. The molecular formula is C8H20O4Si. The van der Waals surface area contributed by atoms with Crippen LogP contribution >= 0.6 is 0 Å². The van der Waals surface area contributed by atoms with Crippen molar-refractivity contribution in [2.45, 2.75) is 19.6 Å². The lowest BCUT2D eigenvalue weighted by Gasteiger charge is -2.13. The molecule has 5 heteroatoms. The van der Waals surface area contributed by atoms with Gasteiger partial charge in [0.2, 0.25) is 0 Å². The average molecular weight is 208 g/mol. The van der Waals surface area contributed by atoms with Gasteiger partial charge in [0.05, 0.1) is 32.2 Å². The second-order valence-corrected chi connectivity index (χ2v) is 5.09. The lowest BCUT2D eigenvalue weighted by molar-refractivity contribution is -0.0168. The predicted octanol–water partition coefficient (Wildman–Crippen LogP) is -0.0604.